The SMILES string of the molecule is COc1cccc(C2C3=CCC4C(=O)N(c5cccc(C(=O)O)c5)C(=O)C4C3CC3(Cl)C(=O)N(CBr)C(=O)C23Cl)c1O. The van der Waals surface area contributed by atoms with Crippen molar-refractivity contribution >= 4 is 74.4 Å². The molecule has 10 nitrogen and oxygen atoms in total. The standard InChI is InChI=1S/C29H23BrCl2N2O8/c1-42-19-7-3-6-17(22(19)35)21-15-8-9-16-20(18(15)11-28(31)26(40)33(12-30)27(41)29(21,28)32)24(37)34(23(16)36)14-5-2-4-13(10-14)25(38)39/h2-8,10,16,18,20-21,35H,9,11-12H2,1H3,(H,38,39). The van der Waals surface area contributed by atoms with Gasteiger partial charge in [0.05, 0.1) is 35.7 Å². The molecule has 0 spiro atoms. The van der Waals surface area contributed by atoms with Crippen molar-refractivity contribution in [3.05, 3.63) is 65.2 Å². The van der Waals surface area contributed by atoms with Gasteiger partial charge in [-0.1, -0.05) is 45.8 Å². The third kappa shape index (κ3) is 3.59. The number of phenols is 1. The molecule has 0 bridgehead atoms. The maximum Gasteiger partial charge on any atom is 0.335 e. The molecule has 4 amide bonds. The summed E-state index contributed by atoms with van der Waals surface area (Å²) in [5.74, 6) is -7.75. The molecular weight excluding hydrogens is 655 g/mol. The van der Waals surface area contributed by atoms with Crippen LogP contribution in [0.25, 0.3) is 0 Å². The van der Waals surface area contributed by atoms with E-state index < -0.39 is 63.0 Å². The Hall–Kier alpha value is -3.41. The maximum absolute atomic E-state index is 14.1. The zero-order chi connectivity index (χ0) is 30.3. The lowest BCUT2D eigenvalue weighted by atomic mass is 9.56. The average molecular weight is 678 g/mol. The number of likely N-dealkylation sites (tertiary alicyclic amines) is 1. The lowest BCUT2D eigenvalue weighted by Crippen LogP contribution is -2.60. The second kappa shape index (κ2) is 9.82. The molecule has 13 heteroatoms. The Labute approximate surface area is 257 Å². The second-order valence-corrected chi connectivity index (χ2v) is 12.5. The van der Waals surface area contributed by atoms with Crippen molar-refractivity contribution in [1.29, 1.82) is 0 Å². The van der Waals surface area contributed by atoms with E-state index in [1.54, 1.807) is 18.2 Å². The first-order chi connectivity index (χ1) is 19.9. The van der Waals surface area contributed by atoms with Gasteiger partial charge in [0.2, 0.25) is 11.8 Å². The topological polar surface area (TPSA) is 142 Å². The summed E-state index contributed by atoms with van der Waals surface area (Å²) in [7, 11) is 1.36. The van der Waals surface area contributed by atoms with Crippen molar-refractivity contribution in [2.75, 3.05) is 17.5 Å². The van der Waals surface area contributed by atoms with Gasteiger partial charge in [-0.3, -0.25) is 29.0 Å². The highest BCUT2D eigenvalue weighted by Gasteiger charge is 2.76. The zero-order valence-corrected chi connectivity index (χ0v) is 25.0. The fourth-order valence-corrected chi connectivity index (χ4v) is 8.49. The van der Waals surface area contributed by atoms with Crippen LogP contribution in [0.5, 0.6) is 11.5 Å². The number of phenolic OH excluding ortho intramolecular Hbond substituents is 1. The Morgan fingerprint density at radius 3 is 2.45 bits per heavy atom. The largest absolute Gasteiger partial charge is 0.504 e. The number of alkyl halides is 3. The van der Waals surface area contributed by atoms with Crippen molar-refractivity contribution in [2.45, 2.75) is 28.5 Å². The number of carboxylic acid groups (broad SMARTS) is 1. The quantitative estimate of drug-likeness (QED) is 0.209. The first-order valence-corrected chi connectivity index (χ1v) is 14.9. The van der Waals surface area contributed by atoms with E-state index in [4.69, 9.17) is 27.9 Å². The minimum atomic E-state index is -2.07. The monoisotopic (exact) mass is 676 g/mol. The summed E-state index contributed by atoms with van der Waals surface area (Å²) in [5.41, 5.74) is 0.536. The lowest BCUT2D eigenvalue weighted by molar-refractivity contribution is -0.138. The number of rotatable bonds is 5. The van der Waals surface area contributed by atoms with Crippen LogP contribution >= 0.6 is 39.1 Å². The highest BCUT2D eigenvalue weighted by Crippen LogP contribution is 2.66. The summed E-state index contributed by atoms with van der Waals surface area (Å²) in [5, 5.41) is 20.7. The van der Waals surface area contributed by atoms with Crippen molar-refractivity contribution < 1.29 is 38.9 Å². The molecule has 0 radical (unpaired) electrons. The predicted octanol–water partition coefficient (Wildman–Crippen LogP) is 4.01. The Bertz CT molecular complexity index is 1630. The Morgan fingerprint density at radius 2 is 1.79 bits per heavy atom. The molecule has 6 rings (SSSR count). The van der Waals surface area contributed by atoms with Gasteiger partial charge in [0, 0.05) is 11.5 Å². The third-order valence-electron chi connectivity index (χ3n) is 8.93. The minimum Gasteiger partial charge on any atom is -0.504 e. The number of carbonyl (C=O) groups excluding carboxylic acids is 4. The molecule has 42 heavy (non-hydrogen) atoms. The number of benzene rings is 2. The smallest absolute Gasteiger partial charge is 0.335 e. The molecule has 6 unspecified atom stereocenters. The summed E-state index contributed by atoms with van der Waals surface area (Å²) < 4.78 is 5.30. The van der Waals surface area contributed by atoms with Gasteiger partial charge in [-0.2, -0.15) is 0 Å². The van der Waals surface area contributed by atoms with Crippen LogP contribution in [0.2, 0.25) is 0 Å². The summed E-state index contributed by atoms with van der Waals surface area (Å²) in [6, 6.07) is 10.2. The van der Waals surface area contributed by atoms with Gasteiger partial charge in [-0.05, 0) is 43.0 Å². The number of para-hydroxylation sites is 1. The summed E-state index contributed by atoms with van der Waals surface area (Å²) in [6.45, 7) is 0. The van der Waals surface area contributed by atoms with Crippen LogP contribution in [0.1, 0.15) is 34.7 Å². The summed E-state index contributed by atoms with van der Waals surface area (Å²) in [4.78, 5) is 64.6. The Kier molecular flexibility index (Phi) is 6.71. The highest BCUT2D eigenvalue weighted by atomic mass is 79.9. The van der Waals surface area contributed by atoms with E-state index in [2.05, 4.69) is 15.9 Å². The molecule has 2 aromatic carbocycles. The van der Waals surface area contributed by atoms with Crippen molar-refractivity contribution in [1.82, 2.24) is 4.90 Å². The van der Waals surface area contributed by atoms with Crippen LogP contribution < -0.4 is 9.64 Å². The molecule has 6 atom stereocenters. The number of aromatic hydroxyl groups is 1. The van der Waals surface area contributed by atoms with E-state index in [1.807, 2.05) is 0 Å². The first kappa shape index (κ1) is 28.7. The lowest BCUT2D eigenvalue weighted by Gasteiger charge is -2.50. The van der Waals surface area contributed by atoms with Gasteiger partial charge in [0.15, 0.2) is 21.2 Å². The van der Waals surface area contributed by atoms with Crippen LogP contribution in [-0.4, -0.2) is 67.0 Å². The number of halogens is 3. The fraction of sp³-hybridized carbons (Fsp3) is 0.345. The number of hydrogen-bond donors (Lipinski definition) is 2. The van der Waals surface area contributed by atoms with Gasteiger partial charge in [-0.25, -0.2) is 4.79 Å². The molecule has 1 saturated carbocycles. The number of ether oxygens (including phenoxy) is 1. The normalized spacial score (nSPS) is 32.0. The van der Waals surface area contributed by atoms with E-state index in [9.17, 15) is 34.2 Å². The molecule has 4 aliphatic rings. The van der Waals surface area contributed by atoms with Crippen LogP contribution in [-0.2, 0) is 19.2 Å². The predicted molar refractivity (Wildman–Crippen MR) is 154 cm³/mol. The molecule has 218 valence electrons. The molecule has 3 fully saturated rings. The van der Waals surface area contributed by atoms with Gasteiger partial charge >= 0.3 is 5.97 Å². The molecule has 2 aliphatic carbocycles. The number of amides is 4. The summed E-state index contributed by atoms with van der Waals surface area (Å²) in [6.07, 6.45) is 1.64. The third-order valence-corrected chi connectivity index (χ3v) is 10.8. The fourth-order valence-electron chi connectivity index (χ4n) is 7.07. The number of methoxy groups -OCH3 is 1. The van der Waals surface area contributed by atoms with E-state index in [-0.39, 0.29) is 46.6 Å². The first-order valence-electron chi connectivity index (χ1n) is 13.0. The number of nitrogens with zero attached hydrogens (tertiary/aromatic N) is 2. The molecule has 2 aliphatic heterocycles. The number of carbonyl (C=O) groups is 5. The molecule has 0 aromatic heterocycles. The zero-order valence-electron chi connectivity index (χ0n) is 21.9. The van der Waals surface area contributed by atoms with Crippen molar-refractivity contribution in [2.24, 2.45) is 17.8 Å². The van der Waals surface area contributed by atoms with Crippen LogP contribution in [0.3, 0.4) is 0 Å². The van der Waals surface area contributed by atoms with Crippen molar-refractivity contribution in [3.63, 3.8) is 0 Å². The number of allylic oxidation sites excluding steroid dienone is 2. The molecule has 2 saturated heterocycles. The number of hydrogen-bond acceptors (Lipinski definition) is 7. The van der Waals surface area contributed by atoms with Crippen molar-refractivity contribution in [3.8, 4) is 11.5 Å². The Balaban J connectivity index is 1.52. The van der Waals surface area contributed by atoms with Gasteiger partial charge < -0.3 is 14.9 Å². The number of fused-ring (bicyclic) bond motifs is 4. The second-order valence-electron chi connectivity index (χ2n) is 10.8. The molecule has 2 N–H and O–H groups in total. The number of anilines is 1. The number of aromatic carboxylic acids is 1. The van der Waals surface area contributed by atoms with Crippen LogP contribution in [0, 0.1) is 17.8 Å². The molecule has 2 aromatic rings. The highest BCUT2D eigenvalue weighted by molar-refractivity contribution is 9.09. The maximum atomic E-state index is 14.1. The molecular formula is C29H23BrCl2N2O8. The average Bonchev–Trinajstić information content (AvgIpc) is 3.31. The Morgan fingerprint density at radius 1 is 1.07 bits per heavy atom. The van der Waals surface area contributed by atoms with E-state index >= 15 is 0 Å². The van der Waals surface area contributed by atoms with Gasteiger partial charge in [0.1, 0.15) is 0 Å². The molecule has 2 heterocycles. The van der Waals surface area contributed by atoms with E-state index in [0.29, 0.717) is 5.57 Å². The van der Waals surface area contributed by atoms with E-state index in [1.165, 1.54) is 37.4 Å². The van der Waals surface area contributed by atoms with Gasteiger partial charge in [-0.15, -0.1) is 23.2 Å². The van der Waals surface area contributed by atoms with Crippen LogP contribution in [0.4, 0.5) is 5.69 Å². The van der Waals surface area contributed by atoms with Gasteiger partial charge in [0.25, 0.3) is 11.8 Å². The summed E-state index contributed by atoms with van der Waals surface area (Å²) >= 11 is 17.5. The van der Waals surface area contributed by atoms with E-state index in [0.717, 1.165) is 9.80 Å². The number of imide groups is 2. The number of carboxylic acids is 1. The minimum absolute atomic E-state index is 0.0930. The van der Waals surface area contributed by atoms with Crippen LogP contribution in [0.15, 0.2) is 54.1 Å².